The van der Waals surface area contributed by atoms with Crippen molar-refractivity contribution in [2.24, 2.45) is 5.92 Å². The Morgan fingerprint density at radius 3 is 2.00 bits per heavy atom. The average molecular weight is 172 g/mol. The Bertz CT molecular complexity index is 112. The number of rotatable bonds is 5. The first-order chi connectivity index (χ1) is 5.49. The summed E-state index contributed by atoms with van der Waals surface area (Å²) in [6.45, 7) is 10.2. The van der Waals surface area contributed by atoms with Gasteiger partial charge < -0.3 is 10.2 Å². The van der Waals surface area contributed by atoms with Gasteiger partial charge in [0.2, 0.25) is 0 Å². The summed E-state index contributed by atoms with van der Waals surface area (Å²) in [6, 6.07) is 1.17. The van der Waals surface area contributed by atoms with E-state index in [4.69, 9.17) is 0 Å². The molecule has 0 aliphatic rings. The van der Waals surface area contributed by atoms with E-state index in [2.05, 4.69) is 45.0 Å². The molecule has 74 valence electrons. The van der Waals surface area contributed by atoms with Gasteiger partial charge in [0.05, 0.1) is 0 Å². The van der Waals surface area contributed by atoms with E-state index in [1.807, 2.05) is 7.05 Å². The summed E-state index contributed by atoms with van der Waals surface area (Å²) in [6.07, 6.45) is 0. The maximum absolute atomic E-state index is 3.28. The lowest BCUT2D eigenvalue weighted by atomic mass is 10.1. The predicted molar refractivity (Wildman–Crippen MR) is 55.5 cm³/mol. The summed E-state index contributed by atoms with van der Waals surface area (Å²) in [5.74, 6) is 0.751. The average Bonchev–Trinajstić information content (AvgIpc) is 2.00. The predicted octanol–water partition coefficient (Wildman–Crippen LogP) is 1.57. The highest BCUT2D eigenvalue weighted by molar-refractivity contribution is 4.74. The minimum atomic E-state index is 0.564. The SMILES string of the molecule is CNC(C)C(C)N(C)CC(C)C. The molecule has 0 bridgehead atoms. The smallest absolute Gasteiger partial charge is 0.0215 e. The van der Waals surface area contributed by atoms with Crippen LogP contribution in [0.2, 0.25) is 0 Å². The first-order valence-electron chi connectivity index (χ1n) is 4.86. The van der Waals surface area contributed by atoms with Crippen molar-refractivity contribution in [3.63, 3.8) is 0 Å². The van der Waals surface area contributed by atoms with Crippen LogP contribution in [0.3, 0.4) is 0 Å². The van der Waals surface area contributed by atoms with Crippen LogP contribution in [0.1, 0.15) is 27.7 Å². The van der Waals surface area contributed by atoms with E-state index in [9.17, 15) is 0 Å². The molecule has 2 heteroatoms. The van der Waals surface area contributed by atoms with Crippen LogP contribution in [-0.4, -0.2) is 37.6 Å². The van der Waals surface area contributed by atoms with Gasteiger partial charge in [0.1, 0.15) is 0 Å². The summed E-state index contributed by atoms with van der Waals surface area (Å²) in [7, 11) is 4.21. The van der Waals surface area contributed by atoms with Crippen LogP contribution in [0.25, 0.3) is 0 Å². The van der Waals surface area contributed by atoms with E-state index in [1.165, 1.54) is 6.54 Å². The molecule has 0 amide bonds. The lowest BCUT2D eigenvalue weighted by Crippen LogP contribution is -2.45. The number of hydrogen-bond acceptors (Lipinski definition) is 2. The van der Waals surface area contributed by atoms with Crippen LogP contribution < -0.4 is 5.32 Å². The second-order valence-corrected chi connectivity index (χ2v) is 4.15. The number of nitrogens with one attached hydrogen (secondary N) is 1. The summed E-state index contributed by atoms with van der Waals surface area (Å²) in [4.78, 5) is 2.41. The lowest BCUT2D eigenvalue weighted by molar-refractivity contribution is 0.198. The molecule has 0 aromatic rings. The van der Waals surface area contributed by atoms with E-state index in [-0.39, 0.29) is 0 Å². The van der Waals surface area contributed by atoms with Gasteiger partial charge in [0.25, 0.3) is 0 Å². The summed E-state index contributed by atoms with van der Waals surface area (Å²) < 4.78 is 0. The number of nitrogens with zero attached hydrogens (tertiary/aromatic N) is 1. The highest BCUT2D eigenvalue weighted by Crippen LogP contribution is 2.04. The second-order valence-electron chi connectivity index (χ2n) is 4.15. The summed E-state index contributed by atoms with van der Waals surface area (Å²) in [5, 5.41) is 3.28. The number of likely N-dealkylation sites (N-methyl/N-ethyl adjacent to an activating group) is 2. The van der Waals surface area contributed by atoms with E-state index < -0.39 is 0 Å². The molecule has 0 aliphatic carbocycles. The Morgan fingerprint density at radius 1 is 1.17 bits per heavy atom. The second kappa shape index (κ2) is 5.55. The third kappa shape index (κ3) is 4.07. The Hall–Kier alpha value is -0.0800. The first kappa shape index (κ1) is 11.9. The third-order valence-electron chi connectivity index (χ3n) is 2.53. The van der Waals surface area contributed by atoms with Gasteiger partial charge in [-0.15, -0.1) is 0 Å². The monoisotopic (exact) mass is 172 g/mol. The first-order valence-corrected chi connectivity index (χ1v) is 4.86. The quantitative estimate of drug-likeness (QED) is 0.677. The molecule has 0 fully saturated rings. The molecular weight excluding hydrogens is 148 g/mol. The Balaban J connectivity index is 3.83. The van der Waals surface area contributed by atoms with Gasteiger partial charge in [-0.2, -0.15) is 0 Å². The normalized spacial score (nSPS) is 17.0. The van der Waals surface area contributed by atoms with Crippen molar-refractivity contribution in [3.05, 3.63) is 0 Å². The van der Waals surface area contributed by atoms with Gasteiger partial charge in [-0.3, -0.25) is 0 Å². The lowest BCUT2D eigenvalue weighted by Gasteiger charge is -2.30. The van der Waals surface area contributed by atoms with Crippen LogP contribution in [0, 0.1) is 5.92 Å². The molecule has 0 heterocycles. The molecular formula is C10H24N2. The Labute approximate surface area is 77.3 Å². The van der Waals surface area contributed by atoms with Crippen molar-refractivity contribution in [1.82, 2.24) is 10.2 Å². The van der Waals surface area contributed by atoms with Crippen molar-refractivity contribution in [3.8, 4) is 0 Å². The van der Waals surface area contributed by atoms with Gasteiger partial charge >= 0.3 is 0 Å². The van der Waals surface area contributed by atoms with Crippen LogP contribution >= 0.6 is 0 Å². The van der Waals surface area contributed by atoms with E-state index >= 15 is 0 Å². The molecule has 0 aliphatic heterocycles. The van der Waals surface area contributed by atoms with Gasteiger partial charge in [-0.25, -0.2) is 0 Å². The fourth-order valence-corrected chi connectivity index (χ4v) is 1.37. The molecule has 2 atom stereocenters. The van der Waals surface area contributed by atoms with Crippen LogP contribution in [0.15, 0.2) is 0 Å². The van der Waals surface area contributed by atoms with Gasteiger partial charge in [-0.05, 0) is 33.9 Å². The zero-order chi connectivity index (χ0) is 9.72. The topological polar surface area (TPSA) is 15.3 Å². The molecule has 0 aromatic carbocycles. The van der Waals surface area contributed by atoms with E-state index in [0.717, 1.165) is 5.92 Å². The molecule has 1 N–H and O–H groups in total. The van der Waals surface area contributed by atoms with Crippen molar-refractivity contribution in [2.75, 3.05) is 20.6 Å². The van der Waals surface area contributed by atoms with Gasteiger partial charge in [-0.1, -0.05) is 13.8 Å². The van der Waals surface area contributed by atoms with Gasteiger partial charge in [0, 0.05) is 18.6 Å². The Morgan fingerprint density at radius 2 is 1.67 bits per heavy atom. The molecule has 12 heavy (non-hydrogen) atoms. The minimum Gasteiger partial charge on any atom is -0.316 e. The van der Waals surface area contributed by atoms with E-state index in [1.54, 1.807) is 0 Å². The maximum atomic E-state index is 3.28. The summed E-state index contributed by atoms with van der Waals surface area (Å²) >= 11 is 0. The molecule has 0 rings (SSSR count). The standard InChI is InChI=1S/C10H24N2/c1-8(2)7-12(6)10(4)9(3)11-5/h8-11H,7H2,1-6H3. The van der Waals surface area contributed by atoms with Crippen LogP contribution in [0.5, 0.6) is 0 Å². The van der Waals surface area contributed by atoms with Crippen LogP contribution in [-0.2, 0) is 0 Å². The minimum absolute atomic E-state index is 0.564. The zero-order valence-electron chi connectivity index (χ0n) is 9.39. The number of hydrogen-bond donors (Lipinski definition) is 1. The Kier molecular flexibility index (Phi) is 5.51. The largest absolute Gasteiger partial charge is 0.316 e. The fraction of sp³-hybridized carbons (Fsp3) is 1.00. The highest BCUT2D eigenvalue weighted by atomic mass is 15.2. The van der Waals surface area contributed by atoms with Gasteiger partial charge in [0.15, 0.2) is 0 Å². The molecule has 0 radical (unpaired) electrons. The molecule has 0 aromatic heterocycles. The molecule has 0 saturated carbocycles. The molecule has 0 saturated heterocycles. The van der Waals surface area contributed by atoms with Crippen molar-refractivity contribution >= 4 is 0 Å². The zero-order valence-corrected chi connectivity index (χ0v) is 9.39. The highest BCUT2D eigenvalue weighted by Gasteiger charge is 2.15. The molecule has 2 nitrogen and oxygen atoms in total. The summed E-state index contributed by atoms with van der Waals surface area (Å²) in [5.41, 5.74) is 0. The maximum Gasteiger partial charge on any atom is 0.0215 e. The fourth-order valence-electron chi connectivity index (χ4n) is 1.37. The molecule has 0 spiro atoms. The van der Waals surface area contributed by atoms with Crippen molar-refractivity contribution < 1.29 is 0 Å². The van der Waals surface area contributed by atoms with E-state index in [0.29, 0.717) is 12.1 Å². The van der Waals surface area contributed by atoms with Crippen molar-refractivity contribution in [2.45, 2.75) is 39.8 Å². The van der Waals surface area contributed by atoms with Crippen molar-refractivity contribution in [1.29, 1.82) is 0 Å². The third-order valence-corrected chi connectivity index (χ3v) is 2.53. The van der Waals surface area contributed by atoms with Crippen LogP contribution in [0.4, 0.5) is 0 Å². The molecule has 2 unspecified atom stereocenters.